The first-order valence-corrected chi connectivity index (χ1v) is 8.12. The van der Waals surface area contributed by atoms with Gasteiger partial charge in [-0.2, -0.15) is 0 Å². The second kappa shape index (κ2) is 8.23. The molecule has 0 aliphatic rings. The fourth-order valence-corrected chi connectivity index (χ4v) is 2.82. The van der Waals surface area contributed by atoms with Crippen LogP contribution >= 0.6 is 23.2 Å². The zero-order valence-corrected chi connectivity index (χ0v) is 15.1. The third-order valence-corrected chi connectivity index (χ3v) is 4.26. The van der Waals surface area contributed by atoms with E-state index in [-0.39, 0.29) is 23.5 Å². The zero-order chi connectivity index (χ0) is 18.6. The predicted molar refractivity (Wildman–Crippen MR) is 95.1 cm³/mol. The maximum atomic E-state index is 11.8. The number of benzene rings is 2. The predicted octanol–water partition coefficient (Wildman–Crippen LogP) is 4.41. The van der Waals surface area contributed by atoms with Gasteiger partial charge in [0.25, 0.3) is 0 Å². The Labute approximate surface area is 155 Å². The highest BCUT2D eigenvalue weighted by atomic mass is 35.5. The molecule has 2 aromatic rings. The molecule has 0 amide bonds. The van der Waals surface area contributed by atoms with Gasteiger partial charge >= 0.3 is 11.9 Å². The van der Waals surface area contributed by atoms with E-state index in [9.17, 15) is 14.7 Å². The molecule has 0 aliphatic carbocycles. The van der Waals surface area contributed by atoms with Crippen LogP contribution in [0.2, 0.25) is 10.0 Å². The number of hydrogen-bond acceptors (Lipinski definition) is 4. The number of rotatable bonds is 6. The van der Waals surface area contributed by atoms with E-state index in [4.69, 9.17) is 32.7 Å². The Morgan fingerprint density at radius 1 is 1.12 bits per heavy atom. The van der Waals surface area contributed by atoms with Crippen molar-refractivity contribution in [3.05, 3.63) is 62.6 Å². The van der Waals surface area contributed by atoms with Crippen molar-refractivity contribution in [1.82, 2.24) is 0 Å². The Balaban J connectivity index is 2.19. The number of hydrogen-bond donors (Lipinski definition) is 1. The lowest BCUT2D eigenvalue weighted by atomic mass is 10.0. The van der Waals surface area contributed by atoms with Crippen LogP contribution in [0.3, 0.4) is 0 Å². The van der Waals surface area contributed by atoms with Crippen molar-refractivity contribution in [2.45, 2.75) is 13.3 Å². The summed E-state index contributed by atoms with van der Waals surface area (Å²) in [5.41, 5.74) is 1.32. The van der Waals surface area contributed by atoms with Crippen molar-refractivity contribution in [3.63, 3.8) is 0 Å². The number of halogens is 2. The molecule has 0 aromatic heterocycles. The molecule has 1 N–H and O–H groups in total. The van der Waals surface area contributed by atoms with Crippen molar-refractivity contribution < 1.29 is 24.2 Å². The highest BCUT2D eigenvalue weighted by Crippen LogP contribution is 2.25. The number of aromatic carboxylic acids is 1. The maximum Gasteiger partial charge on any atom is 0.338 e. The number of esters is 1. The molecule has 0 saturated heterocycles. The molecule has 0 radical (unpaired) electrons. The first-order valence-electron chi connectivity index (χ1n) is 7.36. The molecular formula is C18H16Cl2O5. The van der Waals surface area contributed by atoms with Gasteiger partial charge in [0.05, 0.1) is 24.8 Å². The van der Waals surface area contributed by atoms with Crippen LogP contribution in [0.4, 0.5) is 0 Å². The zero-order valence-electron chi connectivity index (χ0n) is 13.6. The van der Waals surface area contributed by atoms with E-state index in [1.54, 1.807) is 25.1 Å². The van der Waals surface area contributed by atoms with Gasteiger partial charge in [0.2, 0.25) is 0 Å². The fourth-order valence-electron chi connectivity index (χ4n) is 2.32. The van der Waals surface area contributed by atoms with Crippen LogP contribution in [-0.4, -0.2) is 30.8 Å². The average molecular weight is 383 g/mol. The number of carboxylic acids is 1. The van der Waals surface area contributed by atoms with Gasteiger partial charge in [0.1, 0.15) is 5.75 Å². The Morgan fingerprint density at radius 3 is 2.40 bits per heavy atom. The van der Waals surface area contributed by atoms with Gasteiger partial charge in [-0.1, -0.05) is 29.3 Å². The number of carbonyl (C=O) groups excluding carboxylic acids is 1. The minimum absolute atomic E-state index is 0.0116. The van der Waals surface area contributed by atoms with Crippen LogP contribution in [0.15, 0.2) is 30.3 Å². The second-order valence-corrected chi connectivity index (χ2v) is 6.12. The topological polar surface area (TPSA) is 72.8 Å². The number of ether oxygens (including phenoxy) is 2. The van der Waals surface area contributed by atoms with Gasteiger partial charge in [0, 0.05) is 16.5 Å². The second-order valence-electron chi connectivity index (χ2n) is 5.27. The van der Waals surface area contributed by atoms with E-state index < -0.39 is 11.9 Å². The summed E-state index contributed by atoms with van der Waals surface area (Å²) in [6.07, 6.45) is 0.500. The van der Waals surface area contributed by atoms with Gasteiger partial charge in [-0.3, -0.25) is 0 Å². The van der Waals surface area contributed by atoms with Crippen LogP contribution < -0.4 is 4.74 Å². The lowest BCUT2D eigenvalue weighted by Crippen LogP contribution is -2.11. The van der Waals surface area contributed by atoms with Crippen molar-refractivity contribution in [2.24, 2.45) is 0 Å². The maximum absolute atomic E-state index is 11.8. The fraction of sp³-hybridized carbons (Fsp3) is 0.222. The quantitative estimate of drug-likeness (QED) is 0.749. The molecule has 0 fully saturated rings. The third kappa shape index (κ3) is 4.65. The summed E-state index contributed by atoms with van der Waals surface area (Å²) < 4.78 is 10.3. The Hall–Kier alpha value is -2.24. The normalized spacial score (nSPS) is 10.4. The number of carboxylic acid groups (broad SMARTS) is 1. The highest BCUT2D eigenvalue weighted by Gasteiger charge is 2.18. The van der Waals surface area contributed by atoms with Gasteiger partial charge in [-0.15, -0.1) is 0 Å². The lowest BCUT2D eigenvalue weighted by molar-refractivity contribution is 0.0599. The molecule has 0 saturated carbocycles. The summed E-state index contributed by atoms with van der Waals surface area (Å²) >= 11 is 12.0. The molecule has 0 unspecified atom stereocenters. The van der Waals surface area contributed by atoms with Crippen LogP contribution in [0.5, 0.6) is 5.75 Å². The van der Waals surface area contributed by atoms with Crippen molar-refractivity contribution in [2.75, 3.05) is 13.7 Å². The van der Waals surface area contributed by atoms with E-state index in [1.807, 2.05) is 0 Å². The van der Waals surface area contributed by atoms with E-state index in [1.165, 1.54) is 19.2 Å². The first-order chi connectivity index (χ1) is 11.8. The molecule has 7 heteroatoms. The molecule has 5 nitrogen and oxygen atoms in total. The summed E-state index contributed by atoms with van der Waals surface area (Å²) in [6.45, 7) is 1.80. The van der Waals surface area contributed by atoms with Crippen molar-refractivity contribution in [3.8, 4) is 5.75 Å². The molecule has 0 atom stereocenters. The summed E-state index contributed by atoms with van der Waals surface area (Å²) in [5.74, 6) is -1.49. The Morgan fingerprint density at radius 2 is 1.80 bits per heavy atom. The van der Waals surface area contributed by atoms with E-state index in [2.05, 4.69) is 0 Å². The minimum Gasteiger partial charge on any atom is -0.493 e. The van der Waals surface area contributed by atoms with E-state index >= 15 is 0 Å². The monoisotopic (exact) mass is 382 g/mol. The first kappa shape index (κ1) is 19.1. The average Bonchev–Trinajstić information content (AvgIpc) is 2.57. The molecule has 0 heterocycles. The minimum atomic E-state index is -1.14. The molecule has 132 valence electrons. The largest absolute Gasteiger partial charge is 0.493 e. The molecule has 0 bridgehead atoms. The third-order valence-electron chi connectivity index (χ3n) is 3.67. The highest BCUT2D eigenvalue weighted by molar-refractivity contribution is 6.35. The smallest absolute Gasteiger partial charge is 0.338 e. The molecular weight excluding hydrogens is 367 g/mol. The van der Waals surface area contributed by atoms with Gasteiger partial charge in [-0.05, 0) is 42.3 Å². The van der Waals surface area contributed by atoms with E-state index in [0.717, 1.165) is 5.56 Å². The Bertz CT molecular complexity index is 817. The molecule has 2 aromatic carbocycles. The number of methoxy groups -OCH3 is 1. The molecule has 2 rings (SSSR count). The molecule has 0 spiro atoms. The van der Waals surface area contributed by atoms with Crippen molar-refractivity contribution >= 4 is 35.1 Å². The van der Waals surface area contributed by atoms with Crippen LogP contribution in [-0.2, 0) is 11.2 Å². The summed E-state index contributed by atoms with van der Waals surface area (Å²) in [5, 5.41) is 10.4. The number of carbonyl (C=O) groups is 2. The van der Waals surface area contributed by atoms with Crippen LogP contribution in [0.1, 0.15) is 31.8 Å². The SMILES string of the molecule is COC(=O)c1cc(OCCc2ccc(Cl)cc2Cl)cc(C(=O)O)c1C. The van der Waals surface area contributed by atoms with Gasteiger partial charge < -0.3 is 14.6 Å². The van der Waals surface area contributed by atoms with E-state index in [0.29, 0.717) is 22.0 Å². The van der Waals surface area contributed by atoms with Gasteiger partial charge in [0.15, 0.2) is 0 Å². The lowest BCUT2D eigenvalue weighted by Gasteiger charge is -2.12. The standard InChI is InChI=1S/C18H16Cl2O5/c1-10-14(17(21)22)8-13(9-15(10)18(23)24-2)25-6-5-11-3-4-12(19)7-16(11)20/h3-4,7-9H,5-6H2,1-2H3,(H,21,22). The molecule has 0 aliphatic heterocycles. The van der Waals surface area contributed by atoms with Crippen LogP contribution in [0.25, 0.3) is 0 Å². The Kier molecular flexibility index (Phi) is 6.28. The summed E-state index contributed by atoms with van der Waals surface area (Å²) in [7, 11) is 1.23. The summed E-state index contributed by atoms with van der Waals surface area (Å²) in [4.78, 5) is 23.2. The molecule has 25 heavy (non-hydrogen) atoms. The van der Waals surface area contributed by atoms with Crippen LogP contribution in [0, 0.1) is 6.92 Å². The summed E-state index contributed by atoms with van der Waals surface area (Å²) in [6, 6.07) is 8.02. The van der Waals surface area contributed by atoms with Crippen molar-refractivity contribution in [1.29, 1.82) is 0 Å². The van der Waals surface area contributed by atoms with Gasteiger partial charge in [-0.25, -0.2) is 9.59 Å².